The number of hydrogen-bond donors (Lipinski definition) is 0. The second-order valence-electron chi connectivity index (χ2n) is 36.6. The van der Waals surface area contributed by atoms with Gasteiger partial charge < -0.3 is 56.8 Å². The minimum absolute atomic E-state index is 0. The van der Waals surface area contributed by atoms with Gasteiger partial charge in [0.05, 0.1) is 73.6 Å². The maximum atomic E-state index is 12.7. The molecular weight excluding hydrogens is 1960 g/mol. The third-order valence-corrected chi connectivity index (χ3v) is 39.0. The molecule has 12 aromatic carbocycles. The Bertz CT molecular complexity index is 6410. The fourth-order valence-corrected chi connectivity index (χ4v) is 33.3. The van der Waals surface area contributed by atoms with E-state index in [4.69, 9.17) is 65.2 Å². The van der Waals surface area contributed by atoms with Gasteiger partial charge in [-0.1, -0.05) is 168 Å². The molecule has 756 valence electrons. The van der Waals surface area contributed by atoms with Crippen LogP contribution >= 0.6 is 0 Å². The molecule has 8 aliphatic heterocycles. The Morgan fingerprint density at radius 1 is 0.310 bits per heavy atom. The molecule has 2 aliphatic carbocycles. The summed E-state index contributed by atoms with van der Waals surface area (Å²) >= 11 is 0. The van der Waals surface area contributed by atoms with Crippen LogP contribution in [0.15, 0.2) is 350 Å². The van der Waals surface area contributed by atoms with Gasteiger partial charge in [0, 0.05) is 66.8 Å². The van der Waals surface area contributed by atoms with Crippen molar-refractivity contribution in [2.75, 3.05) is 33.0 Å². The Balaban J connectivity index is 0.000000138. The van der Waals surface area contributed by atoms with E-state index in [1.165, 1.54) is 53.9 Å². The standard InChI is InChI=1S/C29H29O6S2.C29H27O6S.C28H27O7S2.C26H25O5S.3CH4/c1-18-13-23(36(21-9-5-3-6-10-21)22-11-7-4-8-12-22)14-19(2)27(18)33-17-26(30)34-28-20-15-24-25(16-20)37(31,32)35-29(24)28;1-17-13-21(36(19-9-5-3-6-10-19)20-11-7-4-8-12-20)14-18(2)25(17)32-16-24(30)34-27-23-15-22-26(33-23)28(27)35-29(22)31;1-17-13-21(36(19-9-5-3-6-10-19)20-11-7-4-8-12-20)14-18(2)25(17)32-16-24(29)34-26-22-15-23-27(33-22)28(26)35-37(23,30)31;1-18-15-22(32(20-9-5-3-6-10-20)21-11-7-4-8-12-21)16-19(2)25(18)30-17-24(27)31-23-13-14-29-26(23)28;;;/h3-14,20,24-25,28-29H,15-17H2,1-2H3;3-14,22-23,26-28H,15-16H2,1-2H3;3-14,22-23,26-28H,15-16H2,1-2H3;3-12,15-16,23H,13-14,17H2,1-2H3;3*1H4/q4*+1;;;. The molecule has 0 spiro atoms. The van der Waals surface area contributed by atoms with Crippen LogP contribution in [0.2, 0.25) is 0 Å². The van der Waals surface area contributed by atoms with E-state index in [9.17, 15) is 45.6 Å². The zero-order chi connectivity index (χ0) is 98.8. The fraction of sp³-hybridized carbons (Fsp3) is 0.322. The van der Waals surface area contributed by atoms with Crippen molar-refractivity contribution in [2.24, 2.45) is 17.8 Å². The first-order valence-electron chi connectivity index (χ1n) is 47.3. The van der Waals surface area contributed by atoms with E-state index in [2.05, 4.69) is 243 Å². The summed E-state index contributed by atoms with van der Waals surface area (Å²) in [6.45, 7) is 15.1. The molecule has 0 aromatic heterocycles. The molecule has 6 bridgehead atoms. The minimum atomic E-state index is -3.66. The lowest BCUT2D eigenvalue weighted by Gasteiger charge is -2.25. The van der Waals surface area contributed by atoms with Crippen molar-refractivity contribution in [2.45, 2.75) is 246 Å². The molecule has 16 atom stereocenters. The molecule has 8 saturated heterocycles. The summed E-state index contributed by atoms with van der Waals surface area (Å²) in [6, 6.07) is 100. The molecule has 30 heteroatoms. The fourth-order valence-electron chi connectivity index (χ4n) is 20.8. The normalized spacial score (nSPS) is 23.6. The van der Waals surface area contributed by atoms with Crippen LogP contribution in [0.1, 0.15) is 98.9 Å². The molecule has 145 heavy (non-hydrogen) atoms. The third-order valence-electron chi connectivity index (χ3n) is 26.8. The third kappa shape index (κ3) is 22.8. The summed E-state index contributed by atoms with van der Waals surface area (Å²) in [4.78, 5) is 88.1. The summed E-state index contributed by atoms with van der Waals surface area (Å²) in [5.74, 6) is -0.508. The summed E-state index contributed by atoms with van der Waals surface area (Å²) in [5.41, 5.74) is 7.53. The lowest BCUT2D eigenvalue weighted by atomic mass is 9.88. The first-order valence-corrected chi connectivity index (χ1v) is 55.1. The van der Waals surface area contributed by atoms with Crippen LogP contribution in [0.5, 0.6) is 23.0 Å². The highest BCUT2D eigenvalue weighted by atomic mass is 32.2. The molecule has 22 rings (SSSR count). The summed E-state index contributed by atoms with van der Waals surface area (Å²) in [7, 11) is -8.30. The number of aryl methyl sites for hydroxylation is 8. The van der Waals surface area contributed by atoms with Gasteiger partial charge in [0.25, 0.3) is 20.2 Å². The van der Waals surface area contributed by atoms with E-state index in [0.717, 1.165) is 55.8 Å². The Morgan fingerprint density at radius 2 is 0.593 bits per heavy atom. The van der Waals surface area contributed by atoms with E-state index in [-0.39, 0.29) is 141 Å². The highest BCUT2D eigenvalue weighted by molar-refractivity contribution is 7.98. The number of carbonyl (C=O) groups is 6. The Hall–Kier alpha value is -12.2. The predicted octanol–water partition coefficient (Wildman–Crippen LogP) is 19.7. The van der Waals surface area contributed by atoms with Crippen molar-refractivity contribution < 1.29 is 111 Å². The number of carbonyl (C=O) groups excluding carboxylic acids is 6. The molecule has 0 amide bonds. The van der Waals surface area contributed by atoms with Crippen LogP contribution in [0.4, 0.5) is 0 Å². The second kappa shape index (κ2) is 45.8. The van der Waals surface area contributed by atoms with Gasteiger partial charge in [-0.3, -0.25) is 13.2 Å². The van der Waals surface area contributed by atoms with Crippen molar-refractivity contribution in [1.29, 1.82) is 0 Å². The van der Waals surface area contributed by atoms with Crippen molar-refractivity contribution in [1.82, 2.24) is 0 Å². The zero-order valence-corrected chi connectivity index (χ0v) is 84.2. The number of benzene rings is 12. The van der Waals surface area contributed by atoms with Crippen LogP contribution < -0.4 is 18.9 Å². The predicted molar refractivity (Wildman–Crippen MR) is 552 cm³/mol. The molecule has 24 nitrogen and oxygen atoms in total. The Kier molecular flexibility index (Phi) is 33.4. The molecule has 0 N–H and O–H groups in total. The van der Waals surface area contributed by atoms with Gasteiger partial charge in [-0.2, -0.15) is 16.8 Å². The molecule has 2 saturated carbocycles. The lowest BCUT2D eigenvalue weighted by molar-refractivity contribution is -0.162. The summed E-state index contributed by atoms with van der Waals surface area (Å²) in [5, 5.41) is -1.09. The van der Waals surface area contributed by atoms with Crippen molar-refractivity contribution in [3.8, 4) is 23.0 Å². The number of cyclic esters (lactones) is 1. The maximum Gasteiger partial charge on any atom is 0.347 e. The van der Waals surface area contributed by atoms with E-state index < -0.39 is 116 Å². The smallest absolute Gasteiger partial charge is 0.347 e. The van der Waals surface area contributed by atoms with Crippen LogP contribution in [0, 0.1) is 73.1 Å². The first kappa shape index (κ1) is 106. The van der Waals surface area contributed by atoms with E-state index in [1.807, 2.05) is 104 Å². The van der Waals surface area contributed by atoms with E-state index in [1.54, 1.807) is 0 Å². The highest BCUT2D eigenvalue weighted by Gasteiger charge is 2.69. The van der Waals surface area contributed by atoms with Crippen LogP contribution in [-0.2, 0) is 139 Å². The van der Waals surface area contributed by atoms with Crippen molar-refractivity contribution in [3.05, 3.63) is 336 Å². The van der Waals surface area contributed by atoms with Gasteiger partial charge >= 0.3 is 35.8 Å². The average molecular weight is 2080 g/mol. The van der Waals surface area contributed by atoms with Gasteiger partial charge in [-0.05, 0) is 223 Å². The Morgan fingerprint density at radius 3 is 0.910 bits per heavy atom. The number of esters is 6. The quantitative estimate of drug-likeness (QED) is 0.0190. The van der Waals surface area contributed by atoms with Crippen molar-refractivity contribution >= 4 is 99.6 Å². The Labute approximate surface area is 859 Å². The lowest BCUT2D eigenvalue weighted by Crippen LogP contribution is -2.42. The molecule has 10 fully saturated rings. The van der Waals surface area contributed by atoms with Gasteiger partial charge in [-0.15, -0.1) is 0 Å². The minimum Gasteiger partial charge on any atom is -0.481 e. The largest absolute Gasteiger partial charge is 0.481 e. The number of hydrogen-bond acceptors (Lipinski definition) is 24. The molecule has 12 aromatic rings. The highest BCUT2D eigenvalue weighted by Crippen LogP contribution is 2.56. The van der Waals surface area contributed by atoms with Gasteiger partial charge in [0.1, 0.15) is 58.8 Å². The van der Waals surface area contributed by atoms with Crippen LogP contribution in [-0.4, -0.2) is 163 Å². The van der Waals surface area contributed by atoms with Crippen LogP contribution in [0.3, 0.4) is 0 Å². The van der Waals surface area contributed by atoms with E-state index >= 15 is 0 Å². The topological polar surface area (TPSA) is 300 Å². The molecular formula is C115H120O24S6+4. The number of rotatable bonds is 28. The van der Waals surface area contributed by atoms with Gasteiger partial charge in [0.2, 0.25) is 6.10 Å². The summed E-state index contributed by atoms with van der Waals surface area (Å²) < 4.78 is 126. The maximum absolute atomic E-state index is 12.7. The molecule has 0 radical (unpaired) electrons. The molecule has 10 aliphatic rings. The SMILES string of the molecule is C.C.C.Cc1cc([S+](c2ccccc2)c2ccccc2)cc(C)c1OCC(=O)OC1C2CC3C(=O)OC1C3O2.Cc1cc([S+](c2ccccc2)c2ccccc2)cc(C)c1OCC(=O)OC1C2CC3C(O2)C1OS3(=O)=O.Cc1cc([S+](c2ccccc2)c2ccccc2)cc(C)c1OCC(=O)OC1C2CC3C1OS(=O)(=O)C3C2.Cc1cc([S+](c2ccccc2)c2ccccc2)cc(C)c1OCC(=O)OC1CCOC1=O. The van der Waals surface area contributed by atoms with Gasteiger partial charge in [-0.25, -0.2) is 24.0 Å². The number of ether oxygens (including phenoxy) is 12. The molecule has 16 unspecified atom stereocenters. The first-order chi connectivity index (χ1) is 68.6. The van der Waals surface area contributed by atoms with E-state index in [0.29, 0.717) is 42.3 Å². The zero-order valence-electron chi connectivity index (χ0n) is 79.3. The number of fused-ring (bicyclic) bond motifs is 3. The van der Waals surface area contributed by atoms with Crippen molar-refractivity contribution in [3.63, 3.8) is 0 Å². The monoisotopic (exact) mass is 2080 g/mol. The van der Waals surface area contributed by atoms with Gasteiger partial charge in [0.15, 0.2) is 103 Å². The van der Waals surface area contributed by atoms with Crippen LogP contribution in [0.25, 0.3) is 0 Å². The second-order valence-corrected chi connectivity index (χ2v) is 48.2. The summed E-state index contributed by atoms with van der Waals surface area (Å²) in [6.07, 6.45) is -3.59. The average Bonchev–Trinajstić information content (AvgIpc) is 1.72. The molecule has 8 heterocycles.